The zero-order valence-electron chi connectivity index (χ0n) is 14.6. The zero-order valence-corrected chi connectivity index (χ0v) is 16.5. The standard InChI is InChI=1S/C20H27PSi/c1-20(2,3)17-12-14-18(15-13-17)21-19(22(4,5)6)16-10-8-7-9-11-16/h7-15H,1-6H3. The first-order valence-corrected chi connectivity index (χ1v) is 12.3. The normalized spacial score (nSPS) is 13.3. The van der Waals surface area contributed by atoms with Crippen LogP contribution in [-0.4, -0.2) is 13.0 Å². The number of benzene rings is 2. The van der Waals surface area contributed by atoms with Crippen molar-refractivity contribution in [3.63, 3.8) is 0 Å². The average Bonchev–Trinajstić information content (AvgIpc) is 2.44. The lowest BCUT2D eigenvalue weighted by Gasteiger charge is -2.22. The lowest BCUT2D eigenvalue weighted by atomic mass is 9.87. The van der Waals surface area contributed by atoms with Crippen molar-refractivity contribution >= 4 is 26.5 Å². The molecule has 0 amide bonds. The Balaban J connectivity index is 2.43. The van der Waals surface area contributed by atoms with E-state index in [1.165, 1.54) is 24.6 Å². The van der Waals surface area contributed by atoms with Crippen LogP contribution in [0.4, 0.5) is 0 Å². The Hall–Kier alpha value is -1.17. The molecule has 0 aliphatic carbocycles. The van der Waals surface area contributed by atoms with Crippen LogP contribution in [0.1, 0.15) is 31.9 Å². The zero-order chi connectivity index (χ0) is 16.4. The molecule has 0 unspecified atom stereocenters. The van der Waals surface area contributed by atoms with Gasteiger partial charge in [0.15, 0.2) is 0 Å². The predicted octanol–water partition coefficient (Wildman–Crippen LogP) is 5.65. The van der Waals surface area contributed by atoms with Gasteiger partial charge < -0.3 is 0 Å². The number of hydrogen-bond acceptors (Lipinski definition) is 0. The topological polar surface area (TPSA) is 0 Å². The summed E-state index contributed by atoms with van der Waals surface area (Å²) in [5, 5.41) is 1.40. The highest BCUT2D eigenvalue weighted by atomic mass is 31.1. The molecule has 2 heteroatoms. The van der Waals surface area contributed by atoms with E-state index in [1.807, 2.05) is 0 Å². The molecule has 22 heavy (non-hydrogen) atoms. The smallest absolute Gasteiger partial charge is 0.0688 e. The van der Waals surface area contributed by atoms with Crippen molar-refractivity contribution in [3.8, 4) is 0 Å². The Morgan fingerprint density at radius 3 is 1.82 bits per heavy atom. The van der Waals surface area contributed by atoms with Crippen molar-refractivity contribution in [3.05, 3.63) is 65.7 Å². The van der Waals surface area contributed by atoms with E-state index >= 15 is 0 Å². The summed E-state index contributed by atoms with van der Waals surface area (Å²) in [6.45, 7) is 14.1. The van der Waals surface area contributed by atoms with Gasteiger partial charge in [-0.1, -0.05) is 103 Å². The highest BCUT2D eigenvalue weighted by Crippen LogP contribution is 2.23. The molecule has 116 valence electrons. The molecule has 0 heterocycles. The second-order valence-corrected chi connectivity index (χ2v) is 14.5. The molecule has 2 aromatic rings. The molecule has 0 saturated carbocycles. The summed E-state index contributed by atoms with van der Waals surface area (Å²) < 4.78 is 0. The van der Waals surface area contributed by atoms with Crippen molar-refractivity contribution in [1.82, 2.24) is 0 Å². The van der Waals surface area contributed by atoms with Crippen molar-refractivity contribution in [1.29, 1.82) is 0 Å². The Labute approximate surface area is 138 Å². The summed E-state index contributed by atoms with van der Waals surface area (Å²) in [4.78, 5) is 1.61. The first-order chi connectivity index (χ1) is 10.2. The van der Waals surface area contributed by atoms with E-state index in [0.29, 0.717) is 0 Å². The van der Waals surface area contributed by atoms with Crippen LogP contribution >= 0.6 is 8.20 Å². The van der Waals surface area contributed by atoms with Crippen LogP contribution in [0.3, 0.4) is 0 Å². The van der Waals surface area contributed by atoms with E-state index < -0.39 is 8.07 Å². The highest BCUT2D eigenvalue weighted by molar-refractivity contribution is 7.58. The van der Waals surface area contributed by atoms with Gasteiger partial charge >= 0.3 is 0 Å². The highest BCUT2D eigenvalue weighted by Gasteiger charge is 2.22. The van der Waals surface area contributed by atoms with Crippen molar-refractivity contribution in [2.75, 3.05) is 0 Å². The van der Waals surface area contributed by atoms with E-state index in [2.05, 4.69) is 95.0 Å². The summed E-state index contributed by atoms with van der Waals surface area (Å²) in [6.07, 6.45) is 0. The van der Waals surface area contributed by atoms with Gasteiger partial charge in [0.25, 0.3) is 0 Å². The van der Waals surface area contributed by atoms with E-state index in [0.717, 1.165) is 0 Å². The van der Waals surface area contributed by atoms with Crippen LogP contribution in [-0.2, 0) is 5.41 Å². The molecule has 0 radical (unpaired) electrons. The molecule has 0 bridgehead atoms. The molecule has 0 fully saturated rings. The summed E-state index contributed by atoms with van der Waals surface area (Å²) in [5.74, 6) is 0. The summed E-state index contributed by atoms with van der Waals surface area (Å²) in [5.41, 5.74) is 3.03. The van der Waals surface area contributed by atoms with Crippen LogP contribution in [0.2, 0.25) is 19.6 Å². The SMILES string of the molecule is CC(C)(C)c1ccc(P=C(c2ccccc2)[Si](C)(C)C)cc1. The second kappa shape index (κ2) is 6.52. The Kier molecular flexibility index (Phi) is 5.09. The molecule has 0 aromatic heterocycles. The van der Waals surface area contributed by atoms with Gasteiger partial charge in [-0.3, -0.25) is 0 Å². The average molecular weight is 326 g/mol. The maximum Gasteiger partial charge on any atom is 0.0843 e. The first kappa shape index (κ1) is 17.2. The van der Waals surface area contributed by atoms with E-state index in [4.69, 9.17) is 0 Å². The van der Waals surface area contributed by atoms with Gasteiger partial charge in [0.05, 0.1) is 8.07 Å². The molecule has 0 aliphatic heterocycles. The number of rotatable bonds is 3. The molecule has 0 nitrogen and oxygen atoms in total. The molecule has 2 rings (SSSR count). The van der Waals surface area contributed by atoms with Crippen molar-refractivity contribution < 1.29 is 0 Å². The van der Waals surface area contributed by atoms with E-state index in [9.17, 15) is 0 Å². The quantitative estimate of drug-likeness (QED) is 0.505. The van der Waals surface area contributed by atoms with Gasteiger partial charge in [-0.15, -0.1) is 0 Å². The molecule has 2 aromatic carbocycles. The monoisotopic (exact) mass is 326 g/mol. The maximum atomic E-state index is 2.44. The third-order valence-corrected chi connectivity index (χ3v) is 8.83. The Morgan fingerprint density at radius 1 is 0.818 bits per heavy atom. The van der Waals surface area contributed by atoms with E-state index in [-0.39, 0.29) is 5.41 Å². The van der Waals surface area contributed by atoms with Crippen LogP contribution in [0.5, 0.6) is 0 Å². The van der Waals surface area contributed by atoms with Crippen molar-refractivity contribution in [2.24, 2.45) is 0 Å². The van der Waals surface area contributed by atoms with E-state index in [1.54, 1.807) is 4.92 Å². The van der Waals surface area contributed by atoms with Crippen LogP contribution in [0, 0.1) is 0 Å². The number of hydrogen-bond donors (Lipinski definition) is 0. The first-order valence-electron chi connectivity index (χ1n) is 7.93. The second-order valence-electron chi connectivity index (χ2n) is 7.87. The molecular formula is C20H27PSi. The molecule has 0 aliphatic rings. The molecule has 0 N–H and O–H groups in total. The molecule has 0 spiro atoms. The minimum Gasteiger partial charge on any atom is -0.0688 e. The summed E-state index contributed by atoms with van der Waals surface area (Å²) >= 11 is 0. The van der Waals surface area contributed by atoms with Crippen LogP contribution in [0.25, 0.3) is 0 Å². The van der Waals surface area contributed by atoms with Crippen molar-refractivity contribution in [2.45, 2.75) is 45.8 Å². The fourth-order valence-electron chi connectivity index (χ4n) is 2.43. The lowest BCUT2D eigenvalue weighted by Crippen LogP contribution is -2.33. The molecule has 0 atom stereocenters. The molecule has 0 saturated heterocycles. The Morgan fingerprint density at radius 2 is 1.36 bits per heavy atom. The molecular weight excluding hydrogens is 299 g/mol. The largest absolute Gasteiger partial charge is 0.0843 e. The third kappa shape index (κ3) is 4.41. The van der Waals surface area contributed by atoms with Gasteiger partial charge in [0, 0.05) is 5.30 Å². The van der Waals surface area contributed by atoms with Gasteiger partial charge in [-0.05, 0) is 21.5 Å². The third-order valence-electron chi connectivity index (χ3n) is 3.73. The van der Waals surface area contributed by atoms with Crippen LogP contribution < -0.4 is 5.30 Å². The lowest BCUT2D eigenvalue weighted by molar-refractivity contribution is 0.590. The fraction of sp³-hybridized carbons (Fsp3) is 0.350. The minimum absolute atomic E-state index is 0.222. The van der Waals surface area contributed by atoms with Gasteiger partial charge in [0.1, 0.15) is 0 Å². The fourth-order valence-corrected chi connectivity index (χ4v) is 6.02. The summed E-state index contributed by atoms with van der Waals surface area (Å²) in [7, 11) is 0.00837. The van der Waals surface area contributed by atoms with Gasteiger partial charge in [-0.2, -0.15) is 0 Å². The van der Waals surface area contributed by atoms with Gasteiger partial charge in [0.2, 0.25) is 0 Å². The maximum absolute atomic E-state index is 2.44. The van der Waals surface area contributed by atoms with Gasteiger partial charge in [-0.25, -0.2) is 0 Å². The summed E-state index contributed by atoms with van der Waals surface area (Å²) in [6, 6.07) is 20.1. The predicted molar refractivity (Wildman–Crippen MR) is 106 cm³/mol. The minimum atomic E-state index is -1.36. The van der Waals surface area contributed by atoms with Crippen LogP contribution in [0.15, 0.2) is 54.6 Å². The Bertz CT molecular complexity index is 641.